The first-order valence-electron chi connectivity index (χ1n) is 9.69. The van der Waals surface area contributed by atoms with E-state index in [1.54, 1.807) is 0 Å². The van der Waals surface area contributed by atoms with Gasteiger partial charge in [0, 0.05) is 31.8 Å². The van der Waals surface area contributed by atoms with Crippen LogP contribution in [-0.4, -0.2) is 45.9 Å². The lowest BCUT2D eigenvalue weighted by Crippen LogP contribution is -2.20. The zero-order valence-corrected chi connectivity index (χ0v) is 12.2. The van der Waals surface area contributed by atoms with Crippen molar-refractivity contribution in [2.24, 2.45) is 0 Å². The van der Waals surface area contributed by atoms with Crippen LogP contribution in [0.5, 0.6) is 0 Å². The molecule has 1 heterocycles. The maximum Gasteiger partial charge on any atom is 0.215 e. The molecule has 2 N–H and O–H groups in total. The predicted molar refractivity (Wildman–Crippen MR) is 82.2 cm³/mol. The number of fused-ring (bicyclic) bond motifs is 1. The summed E-state index contributed by atoms with van der Waals surface area (Å²) in [5.74, 6) is 0. The predicted octanol–water partition coefficient (Wildman–Crippen LogP) is 1.32. The Kier molecular flexibility index (Phi) is 2.26. The summed E-state index contributed by atoms with van der Waals surface area (Å²) in [5.41, 5.74) is -3.39. The largest absolute Gasteiger partial charge is 0.361 e. The number of hydrogen-bond donors (Lipinski definition) is 2. The molecule has 0 unspecified atom stereocenters. The molecule has 0 spiro atoms. The number of likely N-dealkylation sites (N-methyl/N-ethyl adjacent to an activating group) is 1. The van der Waals surface area contributed by atoms with Gasteiger partial charge in [-0.1, -0.05) is 6.07 Å². The first-order valence-corrected chi connectivity index (χ1v) is 7.23. The fourth-order valence-corrected chi connectivity index (χ4v) is 2.11. The first kappa shape index (κ1) is 7.59. The van der Waals surface area contributed by atoms with Gasteiger partial charge in [-0.3, -0.25) is 0 Å². The second-order valence-corrected chi connectivity index (χ2v) is 5.81. The summed E-state index contributed by atoms with van der Waals surface area (Å²) in [4.78, 5) is 1.86. The molecule has 0 saturated heterocycles. The van der Waals surface area contributed by atoms with Crippen LogP contribution in [0.2, 0.25) is 2.82 Å². The van der Waals surface area contributed by atoms with Gasteiger partial charge in [0.25, 0.3) is 0 Å². The van der Waals surface area contributed by atoms with E-state index in [2.05, 4.69) is 0 Å². The average Bonchev–Trinajstić information content (AvgIpc) is 2.91. The summed E-state index contributed by atoms with van der Waals surface area (Å²) in [6, 6.07) is 3.49. The SMILES string of the molecule is [2H]N(C)S(=O)(=O)C([2H])([2H])c1ccc2c(c1)c(C([2H])([2H])C([2H])([2H])N(C)C)cn2[2H]. The van der Waals surface area contributed by atoms with Gasteiger partial charge in [-0.05, 0) is 50.8 Å². The highest BCUT2D eigenvalue weighted by Crippen LogP contribution is 2.21. The molecule has 2 aromatic rings. The molecule has 5 nitrogen and oxygen atoms in total. The molecule has 0 atom stereocenters. The van der Waals surface area contributed by atoms with Crippen LogP contribution in [0.3, 0.4) is 0 Å². The Labute approximate surface area is 131 Å². The third kappa shape index (κ3) is 3.59. The fraction of sp³-hybridized carbons (Fsp3) is 0.429. The number of aromatic amines is 1. The van der Waals surface area contributed by atoms with Crippen molar-refractivity contribution >= 4 is 20.9 Å². The number of rotatable bonds is 6. The molecule has 0 aliphatic rings. The Balaban J connectivity index is 2.79. The summed E-state index contributed by atoms with van der Waals surface area (Å²) in [6.45, 7) is -2.47. The van der Waals surface area contributed by atoms with Gasteiger partial charge in [0.1, 0.15) is 1.41 Å². The molecule has 1 aromatic heterocycles. The van der Waals surface area contributed by atoms with Gasteiger partial charge in [-0.25, -0.2) is 13.1 Å². The van der Waals surface area contributed by atoms with Crippen molar-refractivity contribution in [1.82, 2.24) is 14.6 Å². The second-order valence-electron chi connectivity index (χ2n) is 4.29. The van der Waals surface area contributed by atoms with E-state index in [-0.39, 0.29) is 26.7 Å². The van der Waals surface area contributed by atoms with E-state index in [0.29, 0.717) is 0 Å². The van der Waals surface area contributed by atoms with Crippen LogP contribution in [0.1, 0.15) is 19.4 Å². The number of H-pyrrole nitrogens is 1. The van der Waals surface area contributed by atoms with E-state index >= 15 is 0 Å². The molecular weight excluding hydrogens is 274 g/mol. The van der Waals surface area contributed by atoms with E-state index in [1.807, 2.05) is 0 Å². The van der Waals surface area contributed by atoms with Gasteiger partial charge >= 0.3 is 0 Å². The maximum absolute atomic E-state index is 12.2. The molecule has 2 rings (SSSR count). The number of benzene rings is 1. The number of hydrogen-bond acceptors (Lipinski definition) is 3. The zero-order valence-electron chi connectivity index (χ0n) is 19.4. The lowest BCUT2D eigenvalue weighted by molar-refractivity contribution is 0.414. The Morgan fingerprint density at radius 2 is 2.25 bits per heavy atom. The summed E-state index contributed by atoms with van der Waals surface area (Å²) in [5, 5.41) is 0.00920. The van der Waals surface area contributed by atoms with E-state index in [4.69, 9.17) is 11.0 Å². The third-order valence-corrected chi connectivity index (χ3v) is 3.50. The molecule has 0 aliphatic carbocycles. The van der Waals surface area contributed by atoms with E-state index in [1.165, 1.54) is 20.2 Å². The fourth-order valence-electron chi connectivity index (χ4n) is 1.60. The van der Waals surface area contributed by atoms with Crippen LogP contribution in [0.4, 0.5) is 0 Å². The summed E-state index contributed by atoms with van der Waals surface area (Å²) in [7, 11) is -1.08. The van der Waals surface area contributed by atoms with E-state index in [9.17, 15) is 8.42 Å². The minimum absolute atomic E-state index is 0.00920. The highest BCUT2D eigenvalue weighted by Gasteiger charge is 2.11. The molecule has 0 aliphatic heterocycles. The molecule has 0 amide bonds. The second kappa shape index (κ2) is 5.95. The zero-order chi connectivity index (χ0) is 21.9. The van der Waals surface area contributed by atoms with Gasteiger partial charge in [-0.2, -0.15) is 0 Å². The maximum atomic E-state index is 12.2. The Morgan fingerprint density at radius 3 is 2.90 bits per heavy atom. The van der Waals surface area contributed by atoms with E-state index < -0.39 is 28.6 Å². The number of aromatic nitrogens is 1. The monoisotopic (exact) mass is 303 g/mol. The molecule has 1 aromatic carbocycles. The van der Waals surface area contributed by atoms with Crippen LogP contribution < -0.4 is 4.72 Å². The van der Waals surface area contributed by atoms with E-state index in [0.717, 1.165) is 35.3 Å². The third-order valence-electron chi connectivity index (χ3n) is 2.52. The molecule has 0 bridgehead atoms. The summed E-state index contributed by atoms with van der Waals surface area (Å²) in [6.07, 6.45) is -1.52. The topological polar surface area (TPSA) is 65.2 Å². The van der Waals surface area contributed by atoms with Crippen LogP contribution in [-0.2, 0) is 22.1 Å². The smallest absolute Gasteiger partial charge is 0.215 e. The molecule has 6 heteroatoms. The van der Waals surface area contributed by atoms with Gasteiger partial charge < -0.3 is 9.88 Å². The van der Waals surface area contributed by atoms with Crippen LogP contribution >= 0.6 is 0 Å². The van der Waals surface area contributed by atoms with Gasteiger partial charge in [0.15, 0.2) is 1.41 Å². The molecule has 0 saturated carbocycles. The molecule has 0 fully saturated rings. The van der Waals surface area contributed by atoms with Crippen molar-refractivity contribution in [3.05, 3.63) is 35.5 Å². The Bertz CT molecular complexity index is 1000. The highest BCUT2D eigenvalue weighted by molar-refractivity contribution is 7.88. The van der Waals surface area contributed by atoms with Crippen LogP contribution in [0, 0.1) is 0 Å². The van der Waals surface area contributed by atoms with Gasteiger partial charge in [0.05, 0.1) is 5.70 Å². The van der Waals surface area contributed by atoms with Crippen molar-refractivity contribution in [2.75, 3.05) is 27.6 Å². The summed E-state index contributed by atoms with van der Waals surface area (Å²) >= 11 is 0. The lowest BCUT2D eigenvalue weighted by Gasteiger charge is -2.08. The molecule has 0 radical (unpaired) electrons. The number of nitrogens with one attached hydrogen (secondary N) is 2. The number of aryl methyl sites for hydroxylation is 1. The minimum Gasteiger partial charge on any atom is -0.361 e. The Hall–Kier alpha value is -1.37. The lowest BCUT2D eigenvalue weighted by atomic mass is 10.1. The number of sulfonamides is 1. The number of nitrogens with zero attached hydrogens (tertiary/aromatic N) is 1. The molecule has 20 heavy (non-hydrogen) atoms. The van der Waals surface area contributed by atoms with Crippen molar-refractivity contribution in [3.8, 4) is 0 Å². The average molecular weight is 303 g/mol. The Morgan fingerprint density at radius 1 is 1.50 bits per heavy atom. The van der Waals surface area contributed by atoms with Crippen LogP contribution in [0.25, 0.3) is 10.9 Å². The van der Waals surface area contributed by atoms with Crippen molar-refractivity contribution in [3.63, 3.8) is 0 Å². The first-order chi connectivity index (χ1) is 12.5. The van der Waals surface area contributed by atoms with Crippen LogP contribution in [0.15, 0.2) is 24.4 Å². The molecule has 110 valence electrons. The standard InChI is InChI=1S/C14H21N3O2S/c1-15-20(18,19)10-11-4-5-14-13(8-11)12(9-16-14)6-7-17(2)3/h4-5,8-9,15-16H,6-7,10H2,1-3H3/i6D2,7D2,10D2/hD2. The minimum atomic E-state index is -4.68. The normalized spacial score (nSPS) is 20.6. The van der Waals surface area contributed by atoms with Crippen molar-refractivity contribution in [1.29, 1.82) is 0 Å². The van der Waals surface area contributed by atoms with Crippen molar-refractivity contribution in [2.45, 2.75) is 12.1 Å². The van der Waals surface area contributed by atoms with Crippen molar-refractivity contribution < 1.29 is 19.5 Å². The van der Waals surface area contributed by atoms with Gasteiger partial charge in [0.2, 0.25) is 10.0 Å². The van der Waals surface area contributed by atoms with Gasteiger partial charge in [-0.15, -0.1) is 0 Å². The summed E-state index contributed by atoms with van der Waals surface area (Å²) < 4.78 is 88.4. The molecular formula is C14H21N3O2S. The quantitative estimate of drug-likeness (QED) is 0.846. The highest BCUT2D eigenvalue weighted by atomic mass is 32.2.